The molecule has 0 amide bonds. The van der Waals surface area contributed by atoms with Crippen molar-refractivity contribution < 1.29 is 66.0 Å². The van der Waals surface area contributed by atoms with Crippen LogP contribution in [0.1, 0.15) is 30.1 Å². The zero-order chi connectivity index (χ0) is 15.3. The molecule has 0 atom stereocenters. The Morgan fingerprint density at radius 2 is 2.00 bits per heavy atom. The minimum Gasteiger partial charge on any atom is -0.870 e. The summed E-state index contributed by atoms with van der Waals surface area (Å²) in [6.07, 6.45) is 5.75. The summed E-state index contributed by atoms with van der Waals surface area (Å²) in [6, 6.07) is 6.58. The molecule has 1 saturated carbocycles. The first kappa shape index (κ1) is 19.8. The van der Waals surface area contributed by atoms with Gasteiger partial charge in [0.25, 0.3) is 0 Å². The van der Waals surface area contributed by atoms with E-state index >= 15 is 0 Å². The minimum atomic E-state index is -0.354. The summed E-state index contributed by atoms with van der Waals surface area (Å²) in [4.78, 5) is 19.4. The molecule has 118 valence electrons. The first-order chi connectivity index (χ1) is 10.7. The Hall–Kier alpha value is -0.484. The second kappa shape index (κ2) is 7.82. The number of hydrogen-bond acceptors (Lipinski definition) is 4. The molecule has 0 bridgehead atoms. The van der Waals surface area contributed by atoms with Crippen molar-refractivity contribution in [1.29, 1.82) is 0 Å². The first-order valence-corrected chi connectivity index (χ1v) is 7.68. The molecule has 24 heavy (non-hydrogen) atoms. The van der Waals surface area contributed by atoms with Crippen molar-refractivity contribution >= 4 is 28.0 Å². The molecule has 4 rings (SSSR count). The summed E-state index contributed by atoms with van der Waals surface area (Å²) in [5.41, 5.74) is 2.14. The van der Waals surface area contributed by atoms with Crippen LogP contribution in [-0.2, 0) is 4.79 Å². The van der Waals surface area contributed by atoms with E-state index in [4.69, 9.17) is 0 Å². The van der Waals surface area contributed by atoms with E-state index in [2.05, 4.69) is 25.9 Å². The van der Waals surface area contributed by atoms with E-state index in [1.54, 1.807) is 24.4 Å². The Kier molecular flexibility index (Phi) is 6.46. The second-order valence-corrected chi connectivity index (χ2v) is 6.28. The molecular formula is C16H11BrFKN3O2-. The Morgan fingerprint density at radius 1 is 1.25 bits per heavy atom. The van der Waals surface area contributed by atoms with E-state index in [-0.39, 0.29) is 68.4 Å². The van der Waals surface area contributed by atoms with Crippen molar-refractivity contribution in [2.75, 3.05) is 0 Å². The topological polar surface area (TPSA) is 77.3 Å². The molecular weight excluding hydrogens is 404 g/mol. The summed E-state index contributed by atoms with van der Waals surface area (Å²) >= 11 is 3.24. The van der Waals surface area contributed by atoms with Crippen LogP contribution in [-0.4, -0.2) is 26.1 Å². The number of hydrogen-bond donors (Lipinski definition) is 0. The van der Waals surface area contributed by atoms with Crippen LogP contribution < -0.4 is 51.4 Å². The van der Waals surface area contributed by atoms with Crippen molar-refractivity contribution in [3.05, 3.63) is 52.1 Å². The molecule has 3 aromatic rings. The van der Waals surface area contributed by atoms with E-state index < -0.39 is 0 Å². The van der Waals surface area contributed by atoms with Gasteiger partial charge in [0.1, 0.15) is 5.82 Å². The summed E-state index contributed by atoms with van der Waals surface area (Å²) in [5.74, 6) is 0.461. The van der Waals surface area contributed by atoms with Crippen molar-refractivity contribution in [2.45, 2.75) is 18.8 Å². The number of nitrogens with zero attached hydrogens (tertiary/aromatic N) is 3. The van der Waals surface area contributed by atoms with Gasteiger partial charge >= 0.3 is 51.4 Å². The maximum absolute atomic E-state index is 14.1. The van der Waals surface area contributed by atoms with Gasteiger partial charge in [-0.15, -0.1) is 0 Å². The van der Waals surface area contributed by atoms with E-state index in [1.165, 1.54) is 6.07 Å². The molecule has 1 aromatic carbocycles. The molecule has 1 N–H and O–H groups in total. The third-order valence-electron chi connectivity index (χ3n) is 3.78. The van der Waals surface area contributed by atoms with Crippen LogP contribution >= 0.6 is 15.9 Å². The van der Waals surface area contributed by atoms with Gasteiger partial charge in [-0.05, 0) is 42.7 Å². The molecule has 0 unspecified atom stereocenters. The predicted octanol–water partition coefficient (Wildman–Crippen LogP) is 0.460. The fourth-order valence-corrected chi connectivity index (χ4v) is 2.90. The van der Waals surface area contributed by atoms with Gasteiger partial charge in [0.2, 0.25) is 5.78 Å². The fourth-order valence-electron chi connectivity index (χ4n) is 2.56. The number of benzene rings is 1. The van der Waals surface area contributed by atoms with Crippen LogP contribution in [0.4, 0.5) is 4.39 Å². The van der Waals surface area contributed by atoms with Crippen molar-refractivity contribution in [2.24, 2.45) is 0 Å². The Labute approximate surface area is 188 Å². The van der Waals surface area contributed by atoms with Gasteiger partial charge in [-0.3, -0.25) is 0 Å². The molecule has 1 fully saturated rings. The normalized spacial score (nSPS) is 13.2. The molecule has 1 aliphatic rings. The van der Waals surface area contributed by atoms with Crippen LogP contribution in [0.5, 0.6) is 0 Å². The van der Waals surface area contributed by atoms with Gasteiger partial charge in [-0.2, -0.15) is 6.07 Å². The fraction of sp³-hybridized carbons (Fsp3) is 0.188. The third kappa shape index (κ3) is 3.69. The van der Waals surface area contributed by atoms with Gasteiger partial charge < -0.3 is 14.7 Å². The predicted molar refractivity (Wildman–Crippen MR) is 84.8 cm³/mol. The molecule has 2 aromatic heterocycles. The largest absolute Gasteiger partial charge is 1.00 e. The van der Waals surface area contributed by atoms with Gasteiger partial charge in [0.05, 0.1) is 5.69 Å². The molecule has 2 heterocycles. The maximum Gasteiger partial charge on any atom is 1.00 e. The van der Waals surface area contributed by atoms with Gasteiger partial charge in [-0.1, -0.05) is 21.6 Å². The minimum absolute atomic E-state index is 0. The van der Waals surface area contributed by atoms with E-state index in [0.29, 0.717) is 27.4 Å². The molecule has 8 heteroatoms. The third-order valence-corrected chi connectivity index (χ3v) is 4.27. The molecule has 0 aliphatic heterocycles. The van der Waals surface area contributed by atoms with E-state index in [1.807, 2.05) is 10.7 Å². The molecule has 0 radical (unpaired) electrons. The van der Waals surface area contributed by atoms with Crippen molar-refractivity contribution in [3.63, 3.8) is 0 Å². The Balaban J connectivity index is 0.00000104. The summed E-state index contributed by atoms with van der Waals surface area (Å²) in [5, 5.41) is 0. The smallest absolute Gasteiger partial charge is 0.870 e. The van der Waals surface area contributed by atoms with Crippen LogP contribution in [0.3, 0.4) is 0 Å². The van der Waals surface area contributed by atoms with Crippen molar-refractivity contribution in [1.82, 2.24) is 14.4 Å². The second-order valence-electron chi connectivity index (χ2n) is 5.36. The zero-order valence-electron chi connectivity index (χ0n) is 12.8. The Bertz CT molecular complexity index is 912. The van der Waals surface area contributed by atoms with Crippen LogP contribution in [0, 0.1) is 5.82 Å². The number of fused-ring (bicyclic) bond motifs is 1. The van der Waals surface area contributed by atoms with E-state index in [9.17, 15) is 9.18 Å². The van der Waals surface area contributed by atoms with Crippen molar-refractivity contribution in [3.8, 4) is 11.3 Å². The number of aromatic nitrogens is 3. The number of imidazole rings is 1. The number of rotatable bonds is 3. The van der Waals surface area contributed by atoms with Crippen LogP contribution in [0.15, 0.2) is 34.9 Å². The average Bonchev–Trinajstić information content (AvgIpc) is 3.25. The summed E-state index contributed by atoms with van der Waals surface area (Å²) < 4.78 is 16.6. The summed E-state index contributed by atoms with van der Waals surface area (Å²) in [6.45, 7) is 0. The van der Waals surface area contributed by atoms with Gasteiger partial charge in [0, 0.05) is 22.5 Å². The van der Waals surface area contributed by atoms with Crippen LogP contribution in [0.2, 0.25) is 0 Å². The molecule has 1 aliphatic carbocycles. The standard InChI is InChI=1S/C16H10BrFN3O.K.H2O/c17-10-3-4-12(13(18)5-10)14-7-21-15(9-1-2-9)6-11(8-22)19-16(21)20-14;;/h3-7,9H,1-2H2;;1H2/q-1;+1;/p-1. The zero-order valence-corrected chi connectivity index (χ0v) is 17.5. The average molecular weight is 415 g/mol. The van der Waals surface area contributed by atoms with Gasteiger partial charge in [-0.25, -0.2) is 14.4 Å². The molecule has 5 nitrogen and oxygen atoms in total. The Morgan fingerprint density at radius 3 is 2.62 bits per heavy atom. The summed E-state index contributed by atoms with van der Waals surface area (Å²) in [7, 11) is 0. The monoisotopic (exact) mass is 414 g/mol. The maximum atomic E-state index is 14.1. The van der Waals surface area contributed by atoms with Gasteiger partial charge in [0.15, 0.2) is 0 Å². The van der Waals surface area contributed by atoms with Crippen LogP contribution in [0.25, 0.3) is 17.0 Å². The number of carbonyl (C=O) groups excluding carboxylic acids is 1. The quantitative estimate of drug-likeness (QED) is 0.460. The molecule has 0 saturated heterocycles. The SMILES string of the molecule is O=[C-]c1cc(C2CC2)n2cc(-c3ccc(Br)cc3F)nc2n1.[K+].[OH-]. The first-order valence-electron chi connectivity index (χ1n) is 6.89. The molecule has 0 spiro atoms. The van der Waals surface area contributed by atoms with E-state index in [0.717, 1.165) is 18.5 Å². The number of halogens is 2.